The molecule has 1 aromatic carbocycles. The minimum absolute atomic E-state index is 0.258. The minimum atomic E-state index is -0.264. The van der Waals surface area contributed by atoms with Crippen molar-refractivity contribution in [2.24, 2.45) is 0 Å². The van der Waals surface area contributed by atoms with Gasteiger partial charge >= 0.3 is 11.9 Å². The van der Waals surface area contributed by atoms with Gasteiger partial charge in [0.05, 0.1) is 24.3 Å². The number of benzene rings is 1. The summed E-state index contributed by atoms with van der Waals surface area (Å²) in [5.74, 6) is -0.522. The van der Waals surface area contributed by atoms with Gasteiger partial charge in [-0.15, -0.1) is 0 Å². The largest absolute Gasteiger partial charge is 0.462 e. The first-order chi connectivity index (χ1) is 13.5. The Hall–Kier alpha value is -3.28. The molecule has 28 heavy (non-hydrogen) atoms. The van der Waals surface area contributed by atoms with Gasteiger partial charge in [-0.3, -0.25) is 0 Å². The maximum atomic E-state index is 11.7. The van der Waals surface area contributed by atoms with Gasteiger partial charge in [-0.1, -0.05) is 18.2 Å². The van der Waals surface area contributed by atoms with Crippen LogP contribution in [-0.2, 0) is 9.47 Å². The second-order valence-electron chi connectivity index (χ2n) is 5.98. The molecule has 0 radical (unpaired) electrons. The van der Waals surface area contributed by atoms with Gasteiger partial charge < -0.3 is 19.0 Å². The van der Waals surface area contributed by atoms with Crippen LogP contribution in [0.2, 0.25) is 0 Å². The molecule has 0 unspecified atom stereocenters. The molecule has 0 fully saturated rings. The van der Waals surface area contributed by atoms with E-state index in [-0.39, 0.29) is 11.9 Å². The van der Waals surface area contributed by atoms with Crippen LogP contribution in [0.25, 0.3) is 5.69 Å². The van der Waals surface area contributed by atoms with Gasteiger partial charge in [-0.05, 0) is 52.0 Å². The van der Waals surface area contributed by atoms with Gasteiger partial charge in [-0.25, -0.2) is 9.59 Å². The molecule has 0 aliphatic carbocycles. The Balaban J connectivity index is 0.000000221. The first-order valence-electron chi connectivity index (χ1n) is 9.21. The molecule has 0 saturated heterocycles. The van der Waals surface area contributed by atoms with Crippen molar-refractivity contribution in [3.63, 3.8) is 0 Å². The summed E-state index contributed by atoms with van der Waals surface area (Å²) in [6, 6.07) is 13.4. The molecule has 1 N–H and O–H groups in total. The van der Waals surface area contributed by atoms with Crippen molar-refractivity contribution in [2.45, 2.75) is 27.7 Å². The monoisotopic (exact) mass is 382 g/mol. The summed E-state index contributed by atoms with van der Waals surface area (Å²) in [5.41, 5.74) is 4.03. The Morgan fingerprint density at radius 2 is 1.50 bits per heavy atom. The van der Waals surface area contributed by atoms with Crippen molar-refractivity contribution in [1.82, 2.24) is 9.55 Å². The average molecular weight is 382 g/mol. The van der Waals surface area contributed by atoms with Crippen LogP contribution in [0.5, 0.6) is 0 Å². The van der Waals surface area contributed by atoms with Crippen LogP contribution in [-0.4, -0.2) is 34.7 Å². The van der Waals surface area contributed by atoms with E-state index in [1.807, 2.05) is 54.9 Å². The van der Waals surface area contributed by atoms with Crippen LogP contribution >= 0.6 is 0 Å². The van der Waals surface area contributed by atoms with Crippen molar-refractivity contribution in [2.75, 3.05) is 13.2 Å². The van der Waals surface area contributed by atoms with E-state index >= 15 is 0 Å². The Bertz CT molecular complexity index is 910. The summed E-state index contributed by atoms with van der Waals surface area (Å²) in [5, 5.41) is 0. The van der Waals surface area contributed by atoms with Crippen LogP contribution < -0.4 is 0 Å². The van der Waals surface area contributed by atoms with E-state index in [0.29, 0.717) is 24.3 Å². The number of H-pyrrole nitrogens is 1. The number of hydrogen-bond acceptors (Lipinski definition) is 4. The van der Waals surface area contributed by atoms with Crippen LogP contribution in [0.3, 0.4) is 0 Å². The highest BCUT2D eigenvalue weighted by atomic mass is 16.5. The fourth-order valence-electron chi connectivity index (χ4n) is 2.69. The molecular formula is C22H26N2O4. The normalized spacial score (nSPS) is 10.0. The predicted octanol–water partition coefficient (Wildman–Crippen LogP) is 4.46. The Labute approximate surface area is 165 Å². The van der Waals surface area contributed by atoms with Crippen LogP contribution in [0.1, 0.15) is 46.0 Å². The molecule has 148 valence electrons. The molecule has 2 aromatic heterocycles. The number of aromatic amines is 1. The highest BCUT2D eigenvalue weighted by molar-refractivity contribution is 5.91. The number of ether oxygens (including phenoxy) is 2. The van der Waals surface area contributed by atoms with Crippen molar-refractivity contribution in [1.29, 1.82) is 0 Å². The molecule has 3 rings (SSSR count). The minimum Gasteiger partial charge on any atom is -0.462 e. The molecule has 6 heteroatoms. The number of rotatable bonds is 5. The van der Waals surface area contributed by atoms with Gasteiger partial charge in [-0.2, -0.15) is 0 Å². The average Bonchev–Trinajstić information content (AvgIpc) is 3.29. The SMILES string of the molecule is CCOC(=O)c1cc[nH]c1C.CCOC(=O)c1ccn(-c2ccccc2)c1C. The molecule has 0 saturated carbocycles. The molecule has 0 bridgehead atoms. The second kappa shape index (κ2) is 10.2. The zero-order chi connectivity index (χ0) is 20.5. The molecule has 0 spiro atoms. The van der Waals surface area contributed by atoms with E-state index in [0.717, 1.165) is 17.1 Å². The van der Waals surface area contributed by atoms with Gasteiger partial charge in [0.15, 0.2) is 0 Å². The van der Waals surface area contributed by atoms with Crippen LogP contribution in [0.15, 0.2) is 54.9 Å². The first kappa shape index (κ1) is 21.0. The molecule has 3 aromatic rings. The maximum absolute atomic E-state index is 11.7. The first-order valence-corrected chi connectivity index (χ1v) is 9.21. The Morgan fingerprint density at radius 3 is 2.04 bits per heavy atom. The Kier molecular flexibility index (Phi) is 7.63. The molecule has 0 atom stereocenters. The third-order valence-electron chi connectivity index (χ3n) is 4.12. The molecule has 0 aliphatic rings. The third kappa shape index (κ3) is 5.13. The molecular weight excluding hydrogens is 356 g/mol. The molecule has 6 nitrogen and oxygen atoms in total. The summed E-state index contributed by atoms with van der Waals surface area (Å²) in [4.78, 5) is 25.7. The number of aryl methyl sites for hydroxylation is 1. The lowest BCUT2D eigenvalue weighted by Crippen LogP contribution is -2.06. The molecule has 2 heterocycles. The lowest BCUT2D eigenvalue weighted by molar-refractivity contribution is 0.0516. The fourth-order valence-corrected chi connectivity index (χ4v) is 2.69. The quantitative estimate of drug-likeness (QED) is 0.661. The van der Waals surface area contributed by atoms with Gasteiger partial charge in [0.2, 0.25) is 0 Å². The predicted molar refractivity (Wildman–Crippen MR) is 108 cm³/mol. The van der Waals surface area contributed by atoms with Crippen molar-refractivity contribution < 1.29 is 19.1 Å². The van der Waals surface area contributed by atoms with Crippen LogP contribution in [0, 0.1) is 13.8 Å². The standard InChI is InChI=1S/C14H15NO2.C8H11NO2/c1-3-17-14(16)13-9-10-15(11(13)2)12-7-5-4-6-8-12;1-3-11-8(10)7-4-5-9-6(7)2/h4-10H,3H2,1-2H3;4-5,9H,3H2,1-2H3. The van der Waals surface area contributed by atoms with Gasteiger partial charge in [0.1, 0.15) is 0 Å². The van der Waals surface area contributed by atoms with Crippen LogP contribution in [0.4, 0.5) is 0 Å². The number of aromatic nitrogens is 2. The Morgan fingerprint density at radius 1 is 0.893 bits per heavy atom. The lowest BCUT2D eigenvalue weighted by atomic mass is 10.2. The van der Waals surface area contributed by atoms with Gasteiger partial charge in [0.25, 0.3) is 0 Å². The second-order valence-corrected chi connectivity index (χ2v) is 5.98. The number of nitrogens with one attached hydrogen (secondary N) is 1. The zero-order valence-electron chi connectivity index (χ0n) is 16.7. The van der Waals surface area contributed by atoms with E-state index in [1.54, 1.807) is 32.2 Å². The maximum Gasteiger partial charge on any atom is 0.339 e. The van der Waals surface area contributed by atoms with E-state index in [9.17, 15) is 9.59 Å². The van der Waals surface area contributed by atoms with Crippen molar-refractivity contribution >= 4 is 11.9 Å². The highest BCUT2D eigenvalue weighted by Gasteiger charge is 2.14. The van der Waals surface area contributed by atoms with Crippen molar-refractivity contribution in [3.05, 3.63) is 77.4 Å². The lowest BCUT2D eigenvalue weighted by Gasteiger charge is -2.07. The van der Waals surface area contributed by atoms with E-state index < -0.39 is 0 Å². The highest BCUT2D eigenvalue weighted by Crippen LogP contribution is 2.17. The fraction of sp³-hybridized carbons (Fsp3) is 0.273. The van der Waals surface area contributed by atoms with Crippen molar-refractivity contribution in [3.8, 4) is 5.69 Å². The summed E-state index contributed by atoms with van der Waals surface area (Å²) < 4.78 is 11.8. The summed E-state index contributed by atoms with van der Waals surface area (Å²) in [6.07, 6.45) is 3.61. The number of para-hydroxylation sites is 1. The summed E-state index contributed by atoms with van der Waals surface area (Å²) in [7, 11) is 0. The summed E-state index contributed by atoms with van der Waals surface area (Å²) >= 11 is 0. The zero-order valence-corrected chi connectivity index (χ0v) is 16.7. The molecule has 0 aliphatic heterocycles. The van der Waals surface area contributed by atoms with E-state index in [2.05, 4.69) is 4.98 Å². The van der Waals surface area contributed by atoms with Gasteiger partial charge in [0, 0.05) is 29.5 Å². The topological polar surface area (TPSA) is 73.3 Å². The van der Waals surface area contributed by atoms with E-state index in [4.69, 9.17) is 9.47 Å². The third-order valence-corrected chi connectivity index (χ3v) is 4.12. The smallest absolute Gasteiger partial charge is 0.339 e. The number of carbonyl (C=O) groups is 2. The molecule has 0 amide bonds. The van der Waals surface area contributed by atoms with E-state index in [1.165, 1.54) is 0 Å². The number of nitrogens with zero attached hydrogens (tertiary/aromatic N) is 1. The number of carbonyl (C=O) groups excluding carboxylic acids is 2. The number of esters is 2. The number of hydrogen-bond donors (Lipinski definition) is 1. The summed E-state index contributed by atoms with van der Waals surface area (Å²) in [6.45, 7) is 8.17.